The van der Waals surface area contributed by atoms with Gasteiger partial charge >= 0.3 is 5.97 Å². The highest BCUT2D eigenvalue weighted by molar-refractivity contribution is 6.30. The molecule has 1 heterocycles. The second-order valence-corrected chi connectivity index (χ2v) is 4.62. The molecule has 0 bridgehead atoms. The number of ether oxygens (including phenoxy) is 1. The van der Waals surface area contributed by atoms with Crippen LogP contribution < -0.4 is 5.73 Å². The molecular formula is C15H12ClFN2O2. The fourth-order valence-corrected chi connectivity index (χ4v) is 2.04. The first kappa shape index (κ1) is 15.0. The van der Waals surface area contributed by atoms with Gasteiger partial charge in [-0.3, -0.25) is 0 Å². The first-order valence-electron chi connectivity index (χ1n) is 5.94. The summed E-state index contributed by atoms with van der Waals surface area (Å²) in [5.41, 5.74) is 6.86. The number of anilines is 1. The third kappa shape index (κ3) is 2.87. The van der Waals surface area contributed by atoms with Crippen LogP contribution >= 0.6 is 11.6 Å². The van der Waals surface area contributed by atoms with Crippen LogP contribution in [-0.4, -0.2) is 18.1 Å². The highest BCUT2D eigenvalue weighted by atomic mass is 35.5. The number of carbonyl (C=O) groups is 1. The van der Waals surface area contributed by atoms with Gasteiger partial charge in [0.1, 0.15) is 5.82 Å². The molecule has 21 heavy (non-hydrogen) atoms. The molecule has 0 fully saturated rings. The average Bonchev–Trinajstić information content (AvgIpc) is 2.45. The Morgan fingerprint density at radius 1 is 1.48 bits per heavy atom. The predicted octanol–water partition coefficient (Wildman–Crippen LogP) is 3.55. The van der Waals surface area contributed by atoms with Crippen LogP contribution in [0.5, 0.6) is 0 Å². The van der Waals surface area contributed by atoms with Gasteiger partial charge in [-0.25, -0.2) is 14.2 Å². The molecule has 0 unspecified atom stereocenters. The van der Waals surface area contributed by atoms with E-state index >= 15 is 0 Å². The van der Waals surface area contributed by atoms with E-state index in [4.69, 9.17) is 17.3 Å². The van der Waals surface area contributed by atoms with Crippen molar-refractivity contribution in [3.05, 3.63) is 52.9 Å². The van der Waals surface area contributed by atoms with Gasteiger partial charge in [-0.15, -0.1) is 0 Å². The number of carbonyl (C=O) groups excluding carboxylic acids is 1. The monoisotopic (exact) mass is 306 g/mol. The van der Waals surface area contributed by atoms with Crippen LogP contribution in [0.4, 0.5) is 10.1 Å². The number of aromatic nitrogens is 1. The second-order valence-electron chi connectivity index (χ2n) is 4.18. The Bertz CT molecular complexity index is 732. The largest absolute Gasteiger partial charge is 0.464 e. The maximum atomic E-state index is 14.0. The van der Waals surface area contributed by atoms with Gasteiger partial charge in [-0.1, -0.05) is 24.3 Å². The summed E-state index contributed by atoms with van der Waals surface area (Å²) in [6.07, 6.45) is 1.40. The van der Waals surface area contributed by atoms with Crippen LogP contribution in [0.3, 0.4) is 0 Å². The van der Waals surface area contributed by atoms with Crippen molar-refractivity contribution in [2.45, 2.75) is 0 Å². The minimum atomic E-state index is -0.673. The van der Waals surface area contributed by atoms with Crippen molar-refractivity contribution in [2.75, 3.05) is 12.8 Å². The molecule has 4 nitrogen and oxygen atoms in total. The summed E-state index contributed by atoms with van der Waals surface area (Å²) in [5.74, 6) is -1.23. The number of rotatable bonds is 3. The number of benzene rings is 1. The molecule has 0 aliphatic rings. The van der Waals surface area contributed by atoms with Crippen LogP contribution in [0.2, 0.25) is 5.02 Å². The number of hydrogen-bond donors (Lipinski definition) is 1. The molecule has 1 aromatic heterocycles. The fraction of sp³-hybridized carbons (Fsp3) is 0.0667. The zero-order chi connectivity index (χ0) is 15.6. The first-order chi connectivity index (χ1) is 9.97. The number of pyridine rings is 1. The van der Waals surface area contributed by atoms with Gasteiger partial charge in [0.05, 0.1) is 12.8 Å². The van der Waals surface area contributed by atoms with Gasteiger partial charge < -0.3 is 10.5 Å². The molecule has 2 aromatic rings. The van der Waals surface area contributed by atoms with Crippen LogP contribution in [0, 0.1) is 5.82 Å². The van der Waals surface area contributed by atoms with E-state index < -0.39 is 11.8 Å². The van der Waals surface area contributed by atoms with Crippen LogP contribution in [0.15, 0.2) is 30.8 Å². The Hall–Kier alpha value is -2.40. The standard InChI is InChI=1S/C15H12ClFN2O2/c1-3-9-12(18)7-13(19-14(9)15(20)21-2)10-5-4-8(16)6-11(10)17/h3-7H,1H2,2H3,(H2,18,19). The molecule has 0 saturated heterocycles. The highest BCUT2D eigenvalue weighted by Crippen LogP contribution is 2.28. The topological polar surface area (TPSA) is 65.2 Å². The van der Waals surface area contributed by atoms with E-state index in [-0.39, 0.29) is 27.7 Å². The number of methoxy groups -OCH3 is 1. The van der Waals surface area contributed by atoms with E-state index in [1.54, 1.807) is 0 Å². The molecule has 0 aliphatic carbocycles. The minimum absolute atomic E-state index is 0.0168. The molecule has 0 aliphatic heterocycles. The number of esters is 1. The smallest absolute Gasteiger partial charge is 0.357 e. The summed E-state index contributed by atoms with van der Waals surface area (Å²) >= 11 is 5.72. The van der Waals surface area contributed by atoms with Crippen LogP contribution in [-0.2, 0) is 4.74 Å². The average molecular weight is 307 g/mol. The predicted molar refractivity (Wildman–Crippen MR) is 80.5 cm³/mol. The van der Waals surface area contributed by atoms with Crippen molar-refractivity contribution in [1.29, 1.82) is 0 Å². The van der Waals surface area contributed by atoms with Gasteiger partial charge in [0, 0.05) is 21.8 Å². The van der Waals surface area contributed by atoms with Gasteiger partial charge in [0.2, 0.25) is 0 Å². The number of halogens is 2. The highest BCUT2D eigenvalue weighted by Gasteiger charge is 2.18. The van der Waals surface area contributed by atoms with E-state index in [0.717, 1.165) is 6.07 Å². The number of nitrogens with zero attached hydrogens (tertiary/aromatic N) is 1. The molecule has 2 N–H and O–H groups in total. The molecule has 0 radical (unpaired) electrons. The third-order valence-corrected chi connectivity index (χ3v) is 3.12. The van der Waals surface area contributed by atoms with E-state index in [1.807, 2.05) is 0 Å². The SMILES string of the molecule is C=Cc1c(N)cc(-c2ccc(Cl)cc2F)nc1C(=O)OC. The Morgan fingerprint density at radius 2 is 2.19 bits per heavy atom. The molecule has 0 amide bonds. The molecule has 6 heteroatoms. The normalized spacial score (nSPS) is 10.2. The maximum absolute atomic E-state index is 14.0. The lowest BCUT2D eigenvalue weighted by Crippen LogP contribution is -2.10. The summed E-state index contributed by atoms with van der Waals surface area (Å²) in [7, 11) is 1.22. The lowest BCUT2D eigenvalue weighted by Gasteiger charge is -2.10. The lowest BCUT2D eigenvalue weighted by molar-refractivity contribution is 0.0594. The molecule has 2 rings (SSSR count). The zero-order valence-corrected chi connectivity index (χ0v) is 11.9. The Kier molecular flexibility index (Phi) is 4.23. The van der Waals surface area contributed by atoms with Gasteiger partial charge in [0.25, 0.3) is 0 Å². The first-order valence-corrected chi connectivity index (χ1v) is 6.32. The van der Waals surface area contributed by atoms with Crippen molar-refractivity contribution in [1.82, 2.24) is 4.98 Å². The number of nitrogen functional groups attached to an aromatic ring is 1. The molecular weight excluding hydrogens is 295 g/mol. The summed E-state index contributed by atoms with van der Waals surface area (Å²) in [5, 5.41) is 0.264. The molecule has 1 aromatic carbocycles. The number of hydrogen-bond acceptors (Lipinski definition) is 4. The van der Waals surface area contributed by atoms with E-state index in [9.17, 15) is 9.18 Å². The van der Waals surface area contributed by atoms with Crippen molar-refractivity contribution in [3.63, 3.8) is 0 Å². The molecule has 0 spiro atoms. The zero-order valence-electron chi connectivity index (χ0n) is 11.2. The van der Waals surface area contributed by atoms with Crippen molar-refractivity contribution in [2.24, 2.45) is 0 Å². The maximum Gasteiger partial charge on any atom is 0.357 e. The van der Waals surface area contributed by atoms with Crippen molar-refractivity contribution < 1.29 is 13.9 Å². The third-order valence-electron chi connectivity index (χ3n) is 2.88. The molecule has 108 valence electrons. The van der Waals surface area contributed by atoms with Crippen LogP contribution in [0.1, 0.15) is 16.1 Å². The summed E-state index contributed by atoms with van der Waals surface area (Å²) in [6, 6.07) is 5.62. The lowest BCUT2D eigenvalue weighted by atomic mass is 10.1. The van der Waals surface area contributed by atoms with Gasteiger partial charge in [-0.05, 0) is 24.3 Å². The van der Waals surface area contributed by atoms with Crippen LogP contribution in [0.25, 0.3) is 17.3 Å². The van der Waals surface area contributed by atoms with Gasteiger partial charge in [0.15, 0.2) is 5.69 Å². The summed E-state index contributed by atoms with van der Waals surface area (Å²) < 4.78 is 18.6. The molecule has 0 atom stereocenters. The van der Waals surface area contributed by atoms with Gasteiger partial charge in [-0.2, -0.15) is 0 Å². The summed E-state index contributed by atoms with van der Waals surface area (Å²) in [4.78, 5) is 15.9. The fourth-order valence-electron chi connectivity index (χ4n) is 1.88. The van der Waals surface area contributed by atoms with Crippen molar-refractivity contribution in [3.8, 4) is 11.3 Å². The van der Waals surface area contributed by atoms with E-state index in [1.165, 1.54) is 31.4 Å². The molecule has 0 saturated carbocycles. The van der Waals surface area contributed by atoms with E-state index in [0.29, 0.717) is 5.56 Å². The Balaban J connectivity index is 2.68. The Morgan fingerprint density at radius 3 is 2.76 bits per heavy atom. The Labute approximate surface area is 126 Å². The minimum Gasteiger partial charge on any atom is -0.464 e. The quantitative estimate of drug-likeness (QED) is 0.881. The summed E-state index contributed by atoms with van der Waals surface area (Å²) in [6.45, 7) is 3.58. The second kappa shape index (κ2) is 5.93. The number of nitrogens with two attached hydrogens (primary N) is 1. The van der Waals surface area contributed by atoms with Crippen molar-refractivity contribution >= 4 is 29.3 Å². The van der Waals surface area contributed by atoms with E-state index in [2.05, 4.69) is 16.3 Å².